The van der Waals surface area contributed by atoms with E-state index < -0.39 is 0 Å². The summed E-state index contributed by atoms with van der Waals surface area (Å²) < 4.78 is 13.2. The Balaban J connectivity index is 2.21. The van der Waals surface area contributed by atoms with Crippen molar-refractivity contribution in [2.24, 2.45) is 0 Å². The zero-order valence-corrected chi connectivity index (χ0v) is 13.4. The van der Waals surface area contributed by atoms with Gasteiger partial charge in [0.2, 0.25) is 5.95 Å². The van der Waals surface area contributed by atoms with Gasteiger partial charge in [-0.3, -0.25) is 0 Å². The molecule has 3 rings (SSSR count). The Morgan fingerprint density at radius 2 is 1.82 bits per heavy atom. The van der Waals surface area contributed by atoms with E-state index in [1.165, 1.54) is 12.1 Å². The molecule has 0 N–H and O–H groups in total. The molecular weight excluding hydrogens is 299 g/mol. The van der Waals surface area contributed by atoms with Crippen LogP contribution in [0.5, 0.6) is 0 Å². The largest absolute Gasteiger partial charge is 0.347 e. The average molecular weight is 314 g/mol. The lowest BCUT2D eigenvalue weighted by Gasteiger charge is -2.14. The van der Waals surface area contributed by atoms with Crippen molar-refractivity contribution in [1.29, 1.82) is 0 Å². The number of aryl methyl sites for hydroxylation is 1. The Bertz CT molecular complexity index is 796. The molecule has 1 aromatic carbocycles. The number of hydrogen-bond acceptors (Lipinski definition) is 5. The van der Waals surface area contributed by atoms with Crippen LogP contribution in [-0.4, -0.2) is 29.0 Å². The van der Waals surface area contributed by atoms with Gasteiger partial charge in [-0.25, -0.2) is 19.3 Å². The molecule has 2 heterocycles. The molecule has 2 aromatic heterocycles. The van der Waals surface area contributed by atoms with Crippen molar-refractivity contribution in [3.63, 3.8) is 0 Å². The van der Waals surface area contributed by atoms with Crippen molar-refractivity contribution in [2.45, 2.75) is 6.92 Å². The van der Waals surface area contributed by atoms with E-state index in [9.17, 15) is 4.39 Å². The van der Waals surface area contributed by atoms with Gasteiger partial charge in [-0.2, -0.15) is 0 Å². The first-order valence-corrected chi connectivity index (χ1v) is 7.65. The fraction of sp³-hybridized carbons (Fsp3) is 0.188. The lowest BCUT2D eigenvalue weighted by atomic mass is 10.0. The predicted octanol–water partition coefficient (Wildman–Crippen LogP) is 3.78. The average Bonchev–Trinajstić information content (AvgIpc) is 2.93. The summed E-state index contributed by atoms with van der Waals surface area (Å²) in [5, 5.41) is 0. The highest BCUT2D eigenvalue weighted by molar-refractivity contribution is 7.13. The first-order chi connectivity index (χ1) is 10.6. The summed E-state index contributed by atoms with van der Waals surface area (Å²) >= 11 is 1.54. The maximum absolute atomic E-state index is 13.2. The quantitative estimate of drug-likeness (QED) is 0.738. The van der Waals surface area contributed by atoms with Gasteiger partial charge in [0, 0.05) is 25.9 Å². The van der Waals surface area contributed by atoms with Crippen LogP contribution in [0.2, 0.25) is 0 Å². The number of benzene rings is 1. The minimum atomic E-state index is -0.259. The molecule has 0 aliphatic heterocycles. The second kappa shape index (κ2) is 5.81. The molecule has 0 spiro atoms. The van der Waals surface area contributed by atoms with Crippen LogP contribution in [0.3, 0.4) is 0 Å². The summed E-state index contributed by atoms with van der Waals surface area (Å²) in [5.41, 5.74) is 5.31. The molecule has 0 bridgehead atoms. The molecular formula is C16H15FN4S. The zero-order chi connectivity index (χ0) is 15.7. The van der Waals surface area contributed by atoms with Gasteiger partial charge in [-0.05, 0) is 24.6 Å². The molecule has 0 unspecified atom stereocenters. The number of halogens is 1. The second-order valence-electron chi connectivity index (χ2n) is 5.10. The third-order valence-electron chi connectivity index (χ3n) is 3.29. The van der Waals surface area contributed by atoms with Crippen LogP contribution >= 0.6 is 11.3 Å². The Labute approximate surface area is 132 Å². The fourth-order valence-corrected chi connectivity index (χ4v) is 2.94. The van der Waals surface area contributed by atoms with E-state index in [1.54, 1.807) is 35.2 Å². The van der Waals surface area contributed by atoms with E-state index in [-0.39, 0.29) is 5.82 Å². The van der Waals surface area contributed by atoms with Crippen molar-refractivity contribution in [1.82, 2.24) is 15.0 Å². The smallest absolute Gasteiger partial charge is 0.225 e. The third kappa shape index (κ3) is 2.69. The summed E-state index contributed by atoms with van der Waals surface area (Å²) in [5.74, 6) is 0.374. The summed E-state index contributed by atoms with van der Waals surface area (Å²) in [4.78, 5) is 16.2. The summed E-state index contributed by atoms with van der Waals surface area (Å²) in [6, 6.07) is 6.36. The third-order valence-corrected chi connectivity index (χ3v) is 4.23. The highest BCUT2D eigenvalue weighted by atomic mass is 32.1. The van der Waals surface area contributed by atoms with Gasteiger partial charge in [0.25, 0.3) is 0 Å². The van der Waals surface area contributed by atoms with Crippen LogP contribution in [-0.2, 0) is 0 Å². The summed E-state index contributed by atoms with van der Waals surface area (Å²) in [6.07, 6.45) is 1.78. The highest BCUT2D eigenvalue weighted by Gasteiger charge is 2.16. The van der Waals surface area contributed by atoms with Gasteiger partial charge < -0.3 is 4.90 Å². The van der Waals surface area contributed by atoms with Crippen LogP contribution in [0.15, 0.2) is 36.0 Å². The van der Waals surface area contributed by atoms with E-state index in [0.29, 0.717) is 5.95 Å². The van der Waals surface area contributed by atoms with Crippen molar-refractivity contribution in [3.8, 4) is 21.7 Å². The number of rotatable bonds is 3. The molecule has 6 heteroatoms. The van der Waals surface area contributed by atoms with E-state index >= 15 is 0 Å². The first kappa shape index (κ1) is 14.6. The SMILES string of the molecule is Cc1ncsc1-c1nc(N(C)C)ncc1-c1ccc(F)cc1. The first-order valence-electron chi connectivity index (χ1n) is 6.77. The Kier molecular flexibility index (Phi) is 3.85. The van der Waals surface area contributed by atoms with E-state index in [2.05, 4.69) is 15.0 Å². The minimum absolute atomic E-state index is 0.259. The predicted molar refractivity (Wildman–Crippen MR) is 87.6 cm³/mol. The van der Waals surface area contributed by atoms with Gasteiger partial charge in [-0.1, -0.05) is 12.1 Å². The van der Waals surface area contributed by atoms with E-state index in [1.807, 2.05) is 25.9 Å². The second-order valence-corrected chi connectivity index (χ2v) is 5.96. The number of thiazole rings is 1. The lowest BCUT2D eigenvalue weighted by Crippen LogP contribution is -2.13. The molecule has 0 fully saturated rings. The van der Waals surface area contributed by atoms with Crippen LogP contribution in [0.25, 0.3) is 21.7 Å². The molecule has 0 atom stereocenters. The summed E-state index contributed by atoms with van der Waals surface area (Å²) in [7, 11) is 3.80. The maximum Gasteiger partial charge on any atom is 0.225 e. The van der Waals surface area contributed by atoms with Gasteiger partial charge >= 0.3 is 0 Å². The van der Waals surface area contributed by atoms with Gasteiger partial charge in [0.1, 0.15) is 5.82 Å². The van der Waals surface area contributed by atoms with Crippen LogP contribution < -0.4 is 4.90 Å². The number of nitrogens with zero attached hydrogens (tertiary/aromatic N) is 4. The standard InChI is InChI=1S/C16H15FN4S/c1-10-15(22-9-19-10)14-13(8-18-16(20-14)21(2)3)11-4-6-12(17)7-5-11/h4-9H,1-3H3. The maximum atomic E-state index is 13.2. The van der Waals surface area contributed by atoms with E-state index in [0.717, 1.165) is 27.4 Å². The van der Waals surface area contributed by atoms with Gasteiger partial charge in [-0.15, -0.1) is 11.3 Å². The van der Waals surface area contributed by atoms with Gasteiger partial charge in [0.15, 0.2) is 0 Å². The van der Waals surface area contributed by atoms with Crippen LogP contribution in [0, 0.1) is 12.7 Å². The van der Waals surface area contributed by atoms with Crippen molar-refractivity contribution < 1.29 is 4.39 Å². The Hall–Kier alpha value is -2.34. The molecule has 0 aliphatic carbocycles. The molecule has 0 saturated heterocycles. The number of aromatic nitrogens is 3. The molecule has 4 nitrogen and oxygen atoms in total. The van der Waals surface area contributed by atoms with Crippen LogP contribution in [0.1, 0.15) is 5.69 Å². The monoisotopic (exact) mass is 314 g/mol. The number of anilines is 1. The lowest BCUT2D eigenvalue weighted by molar-refractivity contribution is 0.628. The topological polar surface area (TPSA) is 41.9 Å². The van der Waals surface area contributed by atoms with Crippen molar-refractivity contribution >= 4 is 17.3 Å². The minimum Gasteiger partial charge on any atom is -0.347 e. The highest BCUT2D eigenvalue weighted by Crippen LogP contribution is 2.35. The van der Waals surface area contributed by atoms with E-state index in [4.69, 9.17) is 0 Å². The van der Waals surface area contributed by atoms with Crippen LogP contribution in [0.4, 0.5) is 10.3 Å². The zero-order valence-electron chi connectivity index (χ0n) is 12.5. The molecule has 0 saturated carbocycles. The molecule has 0 amide bonds. The van der Waals surface area contributed by atoms with Crippen molar-refractivity contribution in [3.05, 3.63) is 47.5 Å². The fourth-order valence-electron chi connectivity index (χ4n) is 2.13. The molecule has 0 radical (unpaired) electrons. The van der Waals surface area contributed by atoms with Crippen molar-refractivity contribution in [2.75, 3.05) is 19.0 Å². The Morgan fingerprint density at radius 1 is 1.09 bits per heavy atom. The number of hydrogen-bond donors (Lipinski definition) is 0. The molecule has 112 valence electrons. The molecule has 22 heavy (non-hydrogen) atoms. The normalized spacial score (nSPS) is 10.7. The Morgan fingerprint density at radius 3 is 2.41 bits per heavy atom. The van der Waals surface area contributed by atoms with Gasteiger partial charge in [0.05, 0.1) is 21.8 Å². The summed E-state index contributed by atoms with van der Waals surface area (Å²) in [6.45, 7) is 1.96. The molecule has 3 aromatic rings. The molecule has 0 aliphatic rings.